The molecule has 3 heterocycles. The van der Waals surface area contributed by atoms with Gasteiger partial charge in [-0.25, -0.2) is 4.98 Å². The van der Waals surface area contributed by atoms with Crippen LogP contribution in [0.2, 0.25) is 0 Å². The summed E-state index contributed by atoms with van der Waals surface area (Å²) in [6.45, 7) is 7.61. The monoisotopic (exact) mass is 418 g/mol. The van der Waals surface area contributed by atoms with Gasteiger partial charge in [-0.05, 0) is 43.9 Å². The van der Waals surface area contributed by atoms with E-state index in [0.29, 0.717) is 13.1 Å². The third kappa shape index (κ3) is 3.11. The van der Waals surface area contributed by atoms with Crippen LogP contribution in [-0.2, 0) is 24.3 Å². The maximum Gasteiger partial charge on any atom is 0.254 e. The summed E-state index contributed by atoms with van der Waals surface area (Å²) in [5.41, 5.74) is 3.40. The highest BCUT2D eigenvalue weighted by Gasteiger charge is 2.45. The predicted octanol–water partition coefficient (Wildman–Crippen LogP) is 3.68. The maximum atomic E-state index is 13.4. The molecule has 3 aromatic rings. The van der Waals surface area contributed by atoms with Crippen LogP contribution in [0.15, 0.2) is 35.3 Å². The molecule has 1 aliphatic heterocycles. The smallest absolute Gasteiger partial charge is 0.254 e. The molecular weight excluding hydrogens is 388 g/mol. The molecule has 1 N–H and O–H groups in total. The zero-order valence-electron chi connectivity index (χ0n) is 18.8. The van der Waals surface area contributed by atoms with Crippen LogP contribution in [0.25, 0.3) is 10.9 Å². The minimum absolute atomic E-state index is 0.0149. The number of hydrogen-bond acceptors (Lipinski definition) is 3. The number of amides is 1. The molecule has 1 spiro atoms. The normalized spacial score (nSPS) is 18.0. The number of nitrogens with one attached hydrogen (secondary N) is 1. The molecule has 1 fully saturated rings. The van der Waals surface area contributed by atoms with Crippen LogP contribution in [0.1, 0.15) is 67.5 Å². The van der Waals surface area contributed by atoms with Gasteiger partial charge in [0.15, 0.2) is 0 Å². The quantitative estimate of drug-likeness (QED) is 0.655. The van der Waals surface area contributed by atoms with E-state index in [1.807, 2.05) is 47.0 Å². The summed E-state index contributed by atoms with van der Waals surface area (Å²) < 4.78 is 2.04. The van der Waals surface area contributed by atoms with E-state index < -0.39 is 0 Å². The number of likely N-dealkylation sites (tertiary alicyclic amines) is 1. The van der Waals surface area contributed by atoms with E-state index in [-0.39, 0.29) is 22.3 Å². The molecule has 0 bridgehead atoms. The first-order valence-corrected chi connectivity index (χ1v) is 11.2. The van der Waals surface area contributed by atoms with Crippen molar-refractivity contribution in [2.45, 2.75) is 57.3 Å². The van der Waals surface area contributed by atoms with Gasteiger partial charge in [-0.3, -0.25) is 9.59 Å². The van der Waals surface area contributed by atoms with E-state index in [1.165, 1.54) is 0 Å². The van der Waals surface area contributed by atoms with Crippen molar-refractivity contribution in [3.05, 3.63) is 63.5 Å². The lowest BCUT2D eigenvalue weighted by Gasteiger charge is -2.39. The molecule has 6 heteroatoms. The molecule has 0 saturated carbocycles. The third-order valence-corrected chi connectivity index (χ3v) is 7.25. The van der Waals surface area contributed by atoms with Gasteiger partial charge < -0.3 is 14.5 Å². The molecule has 1 aromatic carbocycles. The van der Waals surface area contributed by atoms with Crippen LogP contribution >= 0.6 is 0 Å². The number of H-pyrrole nitrogens is 1. The lowest BCUT2D eigenvalue weighted by Crippen LogP contribution is -2.45. The number of rotatable bonds is 1. The van der Waals surface area contributed by atoms with Crippen LogP contribution in [0.5, 0.6) is 0 Å². The second kappa shape index (κ2) is 6.81. The summed E-state index contributed by atoms with van der Waals surface area (Å²) in [6, 6.07) is 7.95. The predicted molar refractivity (Wildman–Crippen MR) is 122 cm³/mol. The minimum atomic E-state index is -0.205. The van der Waals surface area contributed by atoms with Gasteiger partial charge >= 0.3 is 0 Å². The van der Waals surface area contributed by atoms with E-state index >= 15 is 0 Å². The molecule has 2 aliphatic rings. The Morgan fingerprint density at radius 3 is 2.58 bits per heavy atom. The molecule has 31 heavy (non-hydrogen) atoms. The molecule has 5 rings (SSSR count). The average molecular weight is 419 g/mol. The van der Waals surface area contributed by atoms with Crippen LogP contribution in [-0.4, -0.2) is 38.4 Å². The number of nitrogens with zero attached hydrogens (tertiary/aromatic N) is 3. The molecular formula is C25H30N4O2. The van der Waals surface area contributed by atoms with Gasteiger partial charge in [0, 0.05) is 59.2 Å². The van der Waals surface area contributed by atoms with E-state index in [0.717, 1.165) is 59.2 Å². The number of fused-ring (bicyclic) bond motifs is 3. The molecule has 0 unspecified atom stereocenters. The Kier molecular flexibility index (Phi) is 4.40. The lowest BCUT2D eigenvalue weighted by atomic mass is 9.76. The first-order chi connectivity index (χ1) is 14.7. The number of aromatic amines is 1. The highest BCUT2D eigenvalue weighted by Crippen LogP contribution is 2.45. The third-order valence-electron chi connectivity index (χ3n) is 7.25. The number of aromatic nitrogens is 3. The summed E-state index contributed by atoms with van der Waals surface area (Å²) >= 11 is 0. The van der Waals surface area contributed by atoms with Gasteiger partial charge in [0.25, 0.3) is 11.5 Å². The van der Waals surface area contributed by atoms with Crippen molar-refractivity contribution in [2.24, 2.45) is 7.05 Å². The number of aryl methyl sites for hydroxylation is 1. The van der Waals surface area contributed by atoms with E-state index in [1.54, 1.807) is 0 Å². The largest absolute Gasteiger partial charge is 0.351 e. The Morgan fingerprint density at radius 1 is 1.13 bits per heavy atom. The molecule has 6 nitrogen and oxygen atoms in total. The molecule has 1 saturated heterocycles. The van der Waals surface area contributed by atoms with Crippen molar-refractivity contribution in [1.29, 1.82) is 0 Å². The summed E-state index contributed by atoms with van der Waals surface area (Å²) in [5.74, 6) is 0.853. The van der Waals surface area contributed by atoms with Crippen LogP contribution in [0.4, 0.5) is 0 Å². The average Bonchev–Trinajstić information content (AvgIpc) is 3.29. The molecule has 0 atom stereocenters. The van der Waals surface area contributed by atoms with Gasteiger partial charge in [0.2, 0.25) is 0 Å². The lowest BCUT2D eigenvalue weighted by molar-refractivity contribution is 0.0665. The fourth-order valence-electron chi connectivity index (χ4n) is 5.29. The second-order valence-electron chi connectivity index (χ2n) is 10.2. The van der Waals surface area contributed by atoms with Gasteiger partial charge in [-0.2, -0.15) is 0 Å². The molecule has 1 amide bonds. The second-order valence-corrected chi connectivity index (χ2v) is 10.2. The Labute approximate surface area is 182 Å². The van der Waals surface area contributed by atoms with Gasteiger partial charge in [0.1, 0.15) is 5.82 Å². The van der Waals surface area contributed by atoms with E-state index in [9.17, 15) is 9.59 Å². The van der Waals surface area contributed by atoms with Crippen LogP contribution in [0, 0.1) is 0 Å². The van der Waals surface area contributed by atoms with Gasteiger partial charge in [0.05, 0.1) is 5.69 Å². The van der Waals surface area contributed by atoms with Crippen molar-refractivity contribution >= 4 is 16.8 Å². The zero-order valence-corrected chi connectivity index (χ0v) is 18.8. The first-order valence-electron chi connectivity index (χ1n) is 11.2. The summed E-state index contributed by atoms with van der Waals surface area (Å²) in [6.07, 6.45) is 5.44. The molecule has 1 aliphatic carbocycles. The number of piperidine rings is 1. The SMILES string of the molecule is Cn1ccc2c(C(=O)N3CCC4(CCc5c4nc(C(C)(C)C)[nH]c5=O)CC3)cccc21. The molecule has 162 valence electrons. The summed E-state index contributed by atoms with van der Waals surface area (Å²) in [5, 5.41) is 1.00. The van der Waals surface area contributed by atoms with Crippen molar-refractivity contribution < 1.29 is 4.79 Å². The maximum absolute atomic E-state index is 13.4. The van der Waals surface area contributed by atoms with Crippen molar-refractivity contribution in [1.82, 2.24) is 19.4 Å². The fraction of sp³-hybridized carbons (Fsp3) is 0.480. The van der Waals surface area contributed by atoms with Crippen molar-refractivity contribution in [3.8, 4) is 0 Å². The van der Waals surface area contributed by atoms with E-state index in [2.05, 4.69) is 25.8 Å². The number of hydrogen-bond donors (Lipinski definition) is 1. The van der Waals surface area contributed by atoms with Crippen LogP contribution < -0.4 is 5.56 Å². The Hall–Kier alpha value is -2.89. The topological polar surface area (TPSA) is 71.0 Å². The standard InChI is InChI=1S/C25H30N4O2/c1-24(2,3)23-26-20-18(21(30)27-23)8-10-25(20)11-14-29(15-12-25)22(31)17-6-5-7-19-16(17)9-13-28(19)4/h5-7,9,13H,8,10-12,14-15H2,1-4H3,(H,26,27,30). The highest BCUT2D eigenvalue weighted by molar-refractivity contribution is 6.06. The Balaban J connectivity index is 1.42. The summed E-state index contributed by atoms with van der Waals surface area (Å²) in [4.78, 5) is 36.0. The first kappa shape index (κ1) is 20.0. The zero-order chi connectivity index (χ0) is 22.0. The van der Waals surface area contributed by atoms with E-state index in [4.69, 9.17) is 4.98 Å². The molecule has 0 radical (unpaired) electrons. The fourth-order valence-corrected chi connectivity index (χ4v) is 5.29. The molecule has 2 aromatic heterocycles. The number of benzene rings is 1. The number of carbonyl (C=O) groups is 1. The Morgan fingerprint density at radius 2 is 1.87 bits per heavy atom. The minimum Gasteiger partial charge on any atom is -0.351 e. The highest BCUT2D eigenvalue weighted by atomic mass is 16.2. The van der Waals surface area contributed by atoms with Crippen molar-refractivity contribution in [3.63, 3.8) is 0 Å². The van der Waals surface area contributed by atoms with Gasteiger partial charge in [-0.15, -0.1) is 0 Å². The number of carbonyl (C=O) groups excluding carboxylic acids is 1. The summed E-state index contributed by atoms with van der Waals surface area (Å²) in [7, 11) is 2.00. The van der Waals surface area contributed by atoms with Crippen molar-refractivity contribution in [2.75, 3.05) is 13.1 Å². The Bertz CT molecular complexity index is 1240. The van der Waals surface area contributed by atoms with Crippen LogP contribution in [0.3, 0.4) is 0 Å². The van der Waals surface area contributed by atoms with Gasteiger partial charge in [-0.1, -0.05) is 26.8 Å².